The predicted octanol–water partition coefficient (Wildman–Crippen LogP) is 6.76. The lowest BCUT2D eigenvalue weighted by molar-refractivity contribution is -0.141. The topological polar surface area (TPSA) is 50.6 Å². The SMILES string of the molecule is COc1ccc(-n2nc(C(F)(F)F)c3c2C(=O)N(c2ccc(-c4ccccc4CN4CCCC4)cc2)CCC3)cc1. The second-order valence-electron chi connectivity index (χ2n) is 10.5. The fourth-order valence-corrected chi connectivity index (χ4v) is 5.88. The van der Waals surface area contributed by atoms with E-state index in [1.807, 2.05) is 30.3 Å². The van der Waals surface area contributed by atoms with Gasteiger partial charge in [0, 0.05) is 24.3 Å². The molecule has 0 unspecified atom stereocenters. The largest absolute Gasteiger partial charge is 0.497 e. The average molecular weight is 561 g/mol. The lowest BCUT2D eigenvalue weighted by Crippen LogP contribution is -2.32. The van der Waals surface area contributed by atoms with Crippen LogP contribution in [0.2, 0.25) is 0 Å². The second kappa shape index (κ2) is 11.0. The third kappa shape index (κ3) is 5.34. The summed E-state index contributed by atoms with van der Waals surface area (Å²) < 4.78 is 48.5. The number of carbonyl (C=O) groups excluding carboxylic acids is 1. The number of amides is 1. The van der Waals surface area contributed by atoms with Gasteiger partial charge in [-0.25, -0.2) is 4.68 Å². The molecule has 6 nitrogen and oxygen atoms in total. The van der Waals surface area contributed by atoms with E-state index in [0.717, 1.165) is 35.4 Å². The maximum Gasteiger partial charge on any atom is 0.435 e. The molecule has 0 spiro atoms. The number of aromatic nitrogens is 2. The zero-order valence-corrected chi connectivity index (χ0v) is 22.8. The number of nitrogens with zero attached hydrogens (tertiary/aromatic N) is 4. The third-order valence-corrected chi connectivity index (χ3v) is 7.93. The molecule has 4 aromatic rings. The van der Waals surface area contributed by atoms with Gasteiger partial charge in [-0.05, 0) is 91.9 Å². The van der Waals surface area contributed by atoms with Crippen molar-refractivity contribution < 1.29 is 22.7 Å². The van der Waals surface area contributed by atoms with Crippen LogP contribution in [0.15, 0.2) is 72.8 Å². The maximum atomic E-state index is 14.0. The fourth-order valence-electron chi connectivity index (χ4n) is 5.88. The molecule has 0 radical (unpaired) electrons. The molecule has 1 fully saturated rings. The van der Waals surface area contributed by atoms with E-state index < -0.39 is 17.8 Å². The van der Waals surface area contributed by atoms with Gasteiger partial charge in [0.05, 0.1) is 12.8 Å². The number of likely N-dealkylation sites (tertiary alicyclic amines) is 1. The summed E-state index contributed by atoms with van der Waals surface area (Å²) in [4.78, 5) is 18.0. The van der Waals surface area contributed by atoms with Crippen molar-refractivity contribution >= 4 is 11.6 Å². The van der Waals surface area contributed by atoms with Crippen molar-refractivity contribution in [2.45, 2.75) is 38.4 Å². The summed E-state index contributed by atoms with van der Waals surface area (Å²) >= 11 is 0. The average Bonchev–Trinajstić information content (AvgIpc) is 3.60. The van der Waals surface area contributed by atoms with Crippen LogP contribution in [-0.4, -0.2) is 47.3 Å². The first-order valence-electron chi connectivity index (χ1n) is 13.9. The molecule has 0 N–H and O–H groups in total. The molecule has 41 heavy (non-hydrogen) atoms. The Bertz CT molecular complexity index is 1540. The molecule has 6 rings (SSSR count). The van der Waals surface area contributed by atoms with Gasteiger partial charge in [-0.3, -0.25) is 9.69 Å². The van der Waals surface area contributed by atoms with E-state index in [4.69, 9.17) is 4.74 Å². The quantitative estimate of drug-likeness (QED) is 0.262. The molecular formula is C32H31F3N4O2. The summed E-state index contributed by atoms with van der Waals surface area (Å²) in [5.74, 6) is 0.0524. The van der Waals surface area contributed by atoms with Gasteiger partial charge in [0.25, 0.3) is 5.91 Å². The van der Waals surface area contributed by atoms with Gasteiger partial charge < -0.3 is 9.64 Å². The van der Waals surface area contributed by atoms with Crippen molar-refractivity contribution in [1.82, 2.24) is 14.7 Å². The standard InChI is InChI=1S/C32H31F3N4O2/c1-41-26-16-14-25(15-17-26)39-29-28(30(36-39)32(33,34)35)9-6-20-38(31(29)40)24-12-10-22(11-13-24)27-8-3-2-7-23(27)21-37-18-4-5-19-37/h2-3,7-8,10-17H,4-6,9,18-21H2,1H3. The number of carbonyl (C=O) groups is 1. The Kier molecular flexibility index (Phi) is 7.30. The van der Waals surface area contributed by atoms with Gasteiger partial charge in [-0.2, -0.15) is 18.3 Å². The number of rotatable bonds is 6. The number of anilines is 1. The molecule has 1 aromatic heterocycles. The number of methoxy groups -OCH3 is 1. The molecule has 2 aliphatic heterocycles. The number of alkyl halides is 3. The number of ether oxygens (including phenoxy) is 1. The molecule has 1 amide bonds. The molecule has 1 saturated heterocycles. The second-order valence-corrected chi connectivity index (χ2v) is 10.5. The van der Waals surface area contributed by atoms with Crippen LogP contribution in [0.5, 0.6) is 5.75 Å². The van der Waals surface area contributed by atoms with E-state index in [0.29, 0.717) is 30.1 Å². The van der Waals surface area contributed by atoms with Crippen molar-refractivity contribution in [2.24, 2.45) is 0 Å². The van der Waals surface area contributed by atoms with E-state index >= 15 is 0 Å². The van der Waals surface area contributed by atoms with Crippen LogP contribution in [0, 0.1) is 0 Å². The van der Waals surface area contributed by atoms with E-state index in [1.54, 1.807) is 29.2 Å². The van der Waals surface area contributed by atoms with Crippen LogP contribution in [-0.2, 0) is 19.1 Å². The smallest absolute Gasteiger partial charge is 0.435 e. The van der Waals surface area contributed by atoms with Crippen molar-refractivity contribution in [3.8, 4) is 22.6 Å². The fraction of sp³-hybridized carbons (Fsp3) is 0.312. The number of hydrogen-bond donors (Lipinski definition) is 0. The highest BCUT2D eigenvalue weighted by molar-refractivity contribution is 6.07. The summed E-state index contributed by atoms with van der Waals surface area (Å²) in [6.45, 7) is 3.41. The Hall–Kier alpha value is -4.11. The lowest BCUT2D eigenvalue weighted by Gasteiger charge is -2.22. The third-order valence-electron chi connectivity index (χ3n) is 7.93. The molecule has 0 atom stereocenters. The minimum atomic E-state index is -4.68. The minimum absolute atomic E-state index is 0.0555. The highest BCUT2D eigenvalue weighted by Gasteiger charge is 2.42. The first kappa shape index (κ1) is 27.1. The Labute approximate surface area is 237 Å². The van der Waals surface area contributed by atoms with E-state index in [9.17, 15) is 18.0 Å². The van der Waals surface area contributed by atoms with Crippen LogP contribution in [0.4, 0.5) is 18.9 Å². The highest BCUT2D eigenvalue weighted by Crippen LogP contribution is 2.37. The van der Waals surface area contributed by atoms with Crippen molar-refractivity contribution in [3.63, 3.8) is 0 Å². The molecule has 0 bridgehead atoms. The molecule has 0 aliphatic carbocycles. The Morgan fingerprint density at radius 1 is 0.854 bits per heavy atom. The van der Waals surface area contributed by atoms with Crippen LogP contribution in [0.3, 0.4) is 0 Å². The lowest BCUT2D eigenvalue weighted by atomic mass is 9.99. The summed E-state index contributed by atoms with van der Waals surface area (Å²) in [7, 11) is 1.51. The molecule has 2 aliphatic rings. The zero-order valence-electron chi connectivity index (χ0n) is 22.8. The van der Waals surface area contributed by atoms with Crippen molar-refractivity contribution in [3.05, 3.63) is 95.3 Å². The van der Waals surface area contributed by atoms with Crippen LogP contribution < -0.4 is 9.64 Å². The van der Waals surface area contributed by atoms with Crippen LogP contribution in [0.25, 0.3) is 16.8 Å². The first-order chi connectivity index (χ1) is 19.8. The summed E-state index contributed by atoms with van der Waals surface area (Å²) in [5, 5.41) is 3.91. The number of hydrogen-bond acceptors (Lipinski definition) is 4. The molecule has 0 saturated carbocycles. The van der Waals surface area contributed by atoms with Gasteiger partial charge in [0.15, 0.2) is 5.69 Å². The monoisotopic (exact) mass is 560 g/mol. The van der Waals surface area contributed by atoms with E-state index in [2.05, 4.69) is 28.2 Å². The summed E-state index contributed by atoms with van der Waals surface area (Å²) in [5.41, 5.74) is 3.30. The summed E-state index contributed by atoms with van der Waals surface area (Å²) in [6, 6.07) is 22.5. The highest BCUT2D eigenvalue weighted by atomic mass is 19.4. The van der Waals surface area contributed by atoms with Gasteiger partial charge in [0.1, 0.15) is 11.4 Å². The maximum absolute atomic E-state index is 14.0. The van der Waals surface area contributed by atoms with Crippen molar-refractivity contribution in [1.29, 1.82) is 0 Å². The molecule has 212 valence electrons. The number of benzene rings is 3. The Balaban J connectivity index is 1.34. The van der Waals surface area contributed by atoms with Gasteiger partial charge in [0.2, 0.25) is 0 Å². The minimum Gasteiger partial charge on any atom is -0.497 e. The van der Waals surface area contributed by atoms with Gasteiger partial charge in [-0.1, -0.05) is 36.4 Å². The molecule has 3 aromatic carbocycles. The Morgan fingerprint density at radius 2 is 1.54 bits per heavy atom. The Morgan fingerprint density at radius 3 is 2.22 bits per heavy atom. The van der Waals surface area contributed by atoms with Crippen LogP contribution in [0.1, 0.15) is 46.6 Å². The number of halogens is 3. The van der Waals surface area contributed by atoms with E-state index in [-0.39, 0.29) is 17.7 Å². The van der Waals surface area contributed by atoms with Gasteiger partial charge >= 0.3 is 6.18 Å². The van der Waals surface area contributed by atoms with Crippen molar-refractivity contribution in [2.75, 3.05) is 31.6 Å². The molecule has 3 heterocycles. The number of fused-ring (bicyclic) bond motifs is 1. The first-order valence-corrected chi connectivity index (χ1v) is 13.9. The predicted molar refractivity (Wildman–Crippen MR) is 152 cm³/mol. The summed E-state index contributed by atoms with van der Waals surface area (Å²) in [6.07, 6.45) is -1.74. The van der Waals surface area contributed by atoms with Gasteiger partial charge in [-0.15, -0.1) is 0 Å². The zero-order chi connectivity index (χ0) is 28.6. The van der Waals surface area contributed by atoms with Crippen LogP contribution >= 0.6 is 0 Å². The molecule has 9 heteroatoms. The normalized spacial score (nSPS) is 16.1. The molecular weight excluding hydrogens is 529 g/mol. The van der Waals surface area contributed by atoms with E-state index in [1.165, 1.54) is 25.5 Å².